The molecule has 0 bridgehead atoms. The van der Waals surface area contributed by atoms with Crippen molar-refractivity contribution < 1.29 is 9.21 Å². The Morgan fingerprint density at radius 1 is 1.10 bits per heavy atom. The lowest BCUT2D eigenvalue weighted by Gasteiger charge is -2.00. The SMILES string of the molecule is CCCn1c(=O)n(CC(=O)c2ccco2)c2ccccc21. The zero-order valence-corrected chi connectivity index (χ0v) is 11.8. The molecule has 0 aliphatic carbocycles. The van der Waals surface area contributed by atoms with E-state index in [2.05, 4.69) is 0 Å². The third-order valence-electron chi connectivity index (χ3n) is 3.47. The van der Waals surface area contributed by atoms with Crippen molar-refractivity contribution in [1.82, 2.24) is 9.13 Å². The summed E-state index contributed by atoms with van der Waals surface area (Å²) in [7, 11) is 0. The lowest BCUT2D eigenvalue weighted by Crippen LogP contribution is -2.27. The maximum absolute atomic E-state index is 12.5. The number of carbonyl (C=O) groups is 1. The van der Waals surface area contributed by atoms with Gasteiger partial charge in [-0.1, -0.05) is 19.1 Å². The van der Waals surface area contributed by atoms with Crippen LogP contribution in [-0.4, -0.2) is 14.9 Å². The highest BCUT2D eigenvalue weighted by Crippen LogP contribution is 2.14. The number of benzene rings is 1. The summed E-state index contributed by atoms with van der Waals surface area (Å²) in [4.78, 5) is 24.7. The van der Waals surface area contributed by atoms with Gasteiger partial charge in [-0.2, -0.15) is 0 Å². The quantitative estimate of drug-likeness (QED) is 0.677. The van der Waals surface area contributed by atoms with Crippen LogP contribution < -0.4 is 5.69 Å². The molecule has 0 N–H and O–H groups in total. The number of aromatic nitrogens is 2. The Balaban J connectivity index is 2.08. The van der Waals surface area contributed by atoms with E-state index in [1.54, 1.807) is 16.7 Å². The van der Waals surface area contributed by atoms with Crippen LogP contribution in [0.1, 0.15) is 23.9 Å². The van der Waals surface area contributed by atoms with Crippen molar-refractivity contribution in [2.45, 2.75) is 26.4 Å². The van der Waals surface area contributed by atoms with Gasteiger partial charge in [0.25, 0.3) is 0 Å². The predicted molar refractivity (Wildman–Crippen MR) is 79.5 cm³/mol. The first-order valence-corrected chi connectivity index (χ1v) is 6.97. The zero-order valence-electron chi connectivity index (χ0n) is 11.8. The summed E-state index contributed by atoms with van der Waals surface area (Å²) in [6.45, 7) is 2.65. The van der Waals surface area contributed by atoms with Crippen LogP contribution >= 0.6 is 0 Å². The van der Waals surface area contributed by atoms with Gasteiger partial charge in [-0.05, 0) is 30.7 Å². The number of hydrogen-bond acceptors (Lipinski definition) is 3. The number of imidazole rings is 1. The standard InChI is InChI=1S/C16H16N2O3/c1-2-9-17-12-6-3-4-7-13(12)18(16(17)20)11-14(19)15-8-5-10-21-15/h3-8,10H,2,9,11H2,1H3. The lowest BCUT2D eigenvalue weighted by atomic mass is 10.3. The van der Waals surface area contributed by atoms with Crippen molar-refractivity contribution in [2.24, 2.45) is 0 Å². The van der Waals surface area contributed by atoms with Crippen LogP contribution in [0.25, 0.3) is 11.0 Å². The van der Waals surface area contributed by atoms with E-state index in [-0.39, 0.29) is 23.8 Å². The molecular formula is C16H16N2O3. The van der Waals surface area contributed by atoms with Crippen molar-refractivity contribution in [3.63, 3.8) is 0 Å². The first kappa shape index (κ1) is 13.4. The van der Waals surface area contributed by atoms with Gasteiger partial charge in [0.1, 0.15) is 0 Å². The Labute approximate surface area is 121 Å². The van der Waals surface area contributed by atoms with Crippen molar-refractivity contribution in [1.29, 1.82) is 0 Å². The number of rotatable bonds is 5. The Bertz CT molecular complexity index is 825. The number of furan rings is 1. The fourth-order valence-corrected chi connectivity index (χ4v) is 2.52. The van der Waals surface area contributed by atoms with E-state index in [0.717, 1.165) is 17.5 Å². The van der Waals surface area contributed by atoms with Crippen molar-refractivity contribution in [3.8, 4) is 0 Å². The van der Waals surface area contributed by atoms with Gasteiger partial charge in [0.05, 0.1) is 23.8 Å². The van der Waals surface area contributed by atoms with Crippen LogP contribution in [0.5, 0.6) is 0 Å². The van der Waals surface area contributed by atoms with Crippen molar-refractivity contribution in [3.05, 3.63) is 58.9 Å². The van der Waals surface area contributed by atoms with E-state index in [4.69, 9.17) is 4.42 Å². The molecule has 3 rings (SSSR count). The number of para-hydroxylation sites is 2. The molecule has 108 valence electrons. The molecule has 2 aromatic heterocycles. The molecule has 0 spiro atoms. The summed E-state index contributed by atoms with van der Waals surface area (Å²) in [6, 6.07) is 10.8. The van der Waals surface area contributed by atoms with E-state index >= 15 is 0 Å². The van der Waals surface area contributed by atoms with Gasteiger partial charge >= 0.3 is 5.69 Å². The van der Waals surface area contributed by atoms with E-state index in [1.165, 1.54) is 10.8 Å². The average Bonchev–Trinajstić information content (AvgIpc) is 3.11. The molecule has 0 aliphatic heterocycles. The van der Waals surface area contributed by atoms with Gasteiger partial charge in [0, 0.05) is 6.54 Å². The normalized spacial score (nSPS) is 11.1. The monoisotopic (exact) mass is 284 g/mol. The minimum absolute atomic E-state index is 0.0103. The number of hydrogen-bond donors (Lipinski definition) is 0. The van der Waals surface area contributed by atoms with Crippen LogP contribution in [-0.2, 0) is 13.1 Å². The molecule has 3 aromatic rings. The number of ketones is 1. The van der Waals surface area contributed by atoms with E-state index in [0.29, 0.717) is 6.54 Å². The third-order valence-corrected chi connectivity index (χ3v) is 3.47. The van der Waals surface area contributed by atoms with Crippen molar-refractivity contribution >= 4 is 16.8 Å². The molecule has 0 unspecified atom stereocenters. The molecule has 1 aromatic carbocycles. The second kappa shape index (κ2) is 5.44. The van der Waals surface area contributed by atoms with Gasteiger partial charge in [0.2, 0.25) is 5.78 Å². The van der Waals surface area contributed by atoms with Gasteiger partial charge in [-0.3, -0.25) is 13.9 Å². The molecule has 0 fully saturated rings. The van der Waals surface area contributed by atoms with E-state index in [9.17, 15) is 9.59 Å². The zero-order chi connectivity index (χ0) is 14.8. The molecule has 0 atom stereocenters. The fourth-order valence-electron chi connectivity index (χ4n) is 2.52. The number of aryl methyl sites for hydroxylation is 1. The summed E-state index contributed by atoms with van der Waals surface area (Å²) in [5.74, 6) is 0.0655. The summed E-state index contributed by atoms with van der Waals surface area (Å²) >= 11 is 0. The van der Waals surface area contributed by atoms with Gasteiger partial charge in [-0.15, -0.1) is 0 Å². The number of fused-ring (bicyclic) bond motifs is 1. The second-order valence-corrected chi connectivity index (χ2v) is 4.91. The van der Waals surface area contributed by atoms with E-state index in [1.807, 2.05) is 31.2 Å². The number of carbonyl (C=O) groups excluding carboxylic acids is 1. The first-order valence-electron chi connectivity index (χ1n) is 6.97. The molecule has 5 heteroatoms. The van der Waals surface area contributed by atoms with Crippen LogP contribution in [0.4, 0.5) is 0 Å². The summed E-state index contributed by atoms with van der Waals surface area (Å²) in [6.07, 6.45) is 2.32. The lowest BCUT2D eigenvalue weighted by molar-refractivity contribution is 0.0945. The van der Waals surface area contributed by atoms with Crippen LogP contribution in [0.15, 0.2) is 51.9 Å². The number of nitrogens with zero attached hydrogens (tertiary/aromatic N) is 2. The topological polar surface area (TPSA) is 57.1 Å². The second-order valence-electron chi connectivity index (χ2n) is 4.91. The molecule has 5 nitrogen and oxygen atoms in total. The largest absolute Gasteiger partial charge is 0.461 e. The minimum Gasteiger partial charge on any atom is -0.461 e. The summed E-state index contributed by atoms with van der Waals surface area (Å²) in [5, 5.41) is 0. The maximum atomic E-state index is 12.5. The molecule has 0 aliphatic rings. The van der Waals surface area contributed by atoms with Gasteiger partial charge in [-0.25, -0.2) is 4.79 Å². The third kappa shape index (κ3) is 2.31. The minimum atomic E-state index is -0.207. The first-order chi connectivity index (χ1) is 10.2. The molecule has 21 heavy (non-hydrogen) atoms. The maximum Gasteiger partial charge on any atom is 0.329 e. The van der Waals surface area contributed by atoms with Crippen molar-refractivity contribution in [2.75, 3.05) is 0 Å². The molecule has 0 saturated carbocycles. The molecule has 2 heterocycles. The van der Waals surface area contributed by atoms with Crippen LogP contribution in [0.2, 0.25) is 0 Å². The smallest absolute Gasteiger partial charge is 0.329 e. The van der Waals surface area contributed by atoms with Gasteiger partial charge in [0.15, 0.2) is 5.76 Å². The predicted octanol–water partition coefficient (Wildman–Crippen LogP) is 2.69. The highest BCUT2D eigenvalue weighted by molar-refractivity contribution is 5.94. The van der Waals surface area contributed by atoms with E-state index < -0.39 is 0 Å². The Morgan fingerprint density at radius 3 is 2.43 bits per heavy atom. The Hall–Kier alpha value is -2.56. The average molecular weight is 284 g/mol. The Kier molecular flexibility index (Phi) is 3.48. The summed E-state index contributed by atoms with van der Waals surface area (Å²) < 4.78 is 8.32. The highest BCUT2D eigenvalue weighted by Gasteiger charge is 2.16. The summed E-state index contributed by atoms with van der Waals surface area (Å²) in [5.41, 5.74) is 1.48. The molecule has 0 amide bonds. The Morgan fingerprint density at radius 2 is 1.81 bits per heavy atom. The molecule has 0 radical (unpaired) electrons. The van der Waals surface area contributed by atoms with Gasteiger partial charge < -0.3 is 4.42 Å². The van der Waals surface area contributed by atoms with Crippen LogP contribution in [0, 0.1) is 0 Å². The number of Topliss-reactive ketones (excluding diaryl/α,β-unsaturated/α-hetero) is 1. The molecule has 0 saturated heterocycles. The highest BCUT2D eigenvalue weighted by atomic mass is 16.3. The fraction of sp³-hybridized carbons (Fsp3) is 0.250. The molecular weight excluding hydrogens is 268 g/mol. The van der Waals surface area contributed by atoms with Crippen LogP contribution in [0.3, 0.4) is 0 Å².